The Kier molecular flexibility index (Phi) is 4.01. The number of likely N-dealkylation sites (tertiary alicyclic amines) is 1. The summed E-state index contributed by atoms with van der Waals surface area (Å²) in [5, 5.41) is 4.63. The van der Waals surface area contributed by atoms with Crippen molar-refractivity contribution in [3.8, 4) is 5.69 Å². The topological polar surface area (TPSA) is 38.1 Å². The van der Waals surface area contributed by atoms with Crippen LogP contribution >= 0.6 is 0 Å². The number of nitrogens with zero attached hydrogens (tertiary/aromatic N) is 3. The lowest BCUT2D eigenvalue weighted by Crippen LogP contribution is -2.36. The maximum Gasteiger partial charge on any atom is 0.257 e. The first-order valence-electron chi connectivity index (χ1n) is 8.01. The van der Waals surface area contributed by atoms with Gasteiger partial charge < -0.3 is 4.90 Å². The summed E-state index contributed by atoms with van der Waals surface area (Å²) in [6.07, 6.45) is 3.44. The van der Waals surface area contributed by atoms with Crippen molar-refractivity contribution in [2.45, 2.75) is 40.0 Å². The average Bonchev–Trinajstić information content (AvgIpc) is 2.83. The summed E-state index contributed by atoms with van der Waals surface area (Å²) < 4.78 is 1.90. The quantitative estimate of drug-likeness (QED) is 0.852. The molecule has 116 valence electrons. The van der Waals surface area contributed by atoms with Crippen molar-refractivity contribution in [1.82, 2.24) is 14.7 Å². The Morgan fingerprint density at radius 2 is 1.73 bits per heavy atom. The van der Waals surface area contributed by atoms with Crippen LogP contribution in [0.15, 0.2) is 24.3 Å². The Morgan fingerprint density at radius 1 is 1.05 bits per heavy atom. The highest BCUT2D eigenvalue weighted by molar-refractivity contribution is 5.96. The van der Waals surface area contributed by atoms with Crippen LogP contribution in [0.1, 0.15) is 46.6 Å². The maximum atomic E-state index is 12.8. The number of benzene rings is 1. The lowest BCUT2D eigenvalue weighted by molar-refractivity contribution is 0.0723. The van der Waals surface area contributed by atoms with E-state index in [1.807, 2.05) is 41.6 Å². The van der Waals surface area contributed by atoms with Gasteiger partial charge in [0, 0.05) is 13.1 Å². The average molecular weight is 297 g/mol. The predicted molar refractivity (Wildman–Crippen MR) is 87.5 cm³/mol. The van der Waals surface area contributed by atoms with E-state index in [-0.39, 0.29) is 5.91 Å². The van der Waals surface area contributed by atoms with Crippen molar-refractivity contribution in [3.63, 3.8) is 0 Å². The van der Waals surface area contributed by atoms with Crippen LogP contribution in [-0.4, -0.2) is 33.7 Å². The monoisotopic (exact) mass is 297 g/mol. The molecular formula is C18H23N3O. The van der Waals surface area contributed by atoms with E-state index in [9.17, 15) is 4.79 Å². The number of piperidine rings is 1. The Labute approximate surface area is 131 Å². The lowest BCUT2D eigenvalue weighted by atomic mass is 10.1. The molecule has 1 amide bonds. The number of carbonyl (C=O) groups is 1. The fourth-order valence-corrected chi connectivity index (χ4v) is 3.24. The van der Waals surface area contributed by atoms with E-state index in [1.165, 1.54) is 6.42 Å². The molecule has 4 nitrogen and oxygen atoms in total. The van der Waals surface area contributed by atoms with Crippen molar-refractivity contribution >= 4 is 5.91 Å². The van der Waals surface area contributed by atoms with E-state index in [4.69, 9.17) is 0 Å². The molecule has 1 fully saturated rings. The van der Waals surface area contributed by atoms with E-state index in [0.717, 1.165) is 54.1 Å². The molecule has 1 aliphatic rings. The van der Waals surface area contributed by atoms with Crippen molar-refractivity contribution < 1.29 is 4.79 Å². The minimum Gasteiger partial charge on any atom is -0.339 e. The zero-order valence-electron chi connectivity index (χ0n) is 13.6. The van der Waals surface area contributed by atoms with Crippen molar-refractivity contribution in [2.75, 3.05) is 13.1 Å². The number of aryl methyl sites for hydroxylation is 2. The Hall–Kier alpha value is -2.10. The van der Waals surface area contributed by atoms with E-state index in [2.05, 4.69) is 18.1 Å². The standard InChI is InChI=1S/C18H23N3O/c1-13-9-5-6-10-16(13)21-15(3)17(14(2)19-21)18(22)20-11-7-4-8-12-20/h5-6,9-10H,4,7-8,11-12H2,1-3H3. The first kappa shape index (κ1) is 14.8. The molecule has 1 aromatic carbocycles. The van der Waals surface area contributed by atoms with Gasteiger partial charge in [0.25, 0.3) is 5.91 Å². The third kappa shape index (κ3) is 2.54. The smallest absolute Gasteiger partial charge is 0.257 e. The second-order valence-corrected chi connectivity index (χ2v) is 6.10. The van der Waals surface area contributed by atoms with Crippen LogP contribution in [0.5, 0.6) is 0 Å². The number of carbonyl (C=O) groups excluding carboxylic acids is 1. The molecule has 0 atom stereocenters. The summed E-state index contributed by atoms with van der Waals surface area (Å²) in [6, 6.07) is 8.14. The van der Waals surface area contributed by atoms with Gasteiger partial charge in [-0.2, -0.15) is 5.10 Å². The SMILES string of the molecule is Cc1ccccc1-n1nc(C)c(C(=O)N2CCCCC2)c1C. The maximum absolute atomic E-state index is 12.8. The zero-order valence-corrected chi connectivity index (χ0v) is 13.6. The molecule has 1 aromatic heterocycles. The summed E-state index contributed by atoms with van der Waals surface area (Å²) in [4.78, 5) is 14.8. The second-order valence-electron chi connectivity index (χ2n) is 6.10. The van der Waals surface area contributed by atoms with Crippen molar-refractivity contribution in [2.24, 2.45) is 0 Å². The Bertz CT molecular complexity index is 696. The van der Waals surface area contributed by atoms with Crippen molar-refractivity contribution in [1.29, 1.82) is 0 Å². The molecule has 4 heteroatoms. The predicted octanol–water partition coefficient (Wildman–Crippen LogP) is 3.42. The van der Waals surface area contributed by atoms with Crippen LogP contribution < -0.4 is 0 Å². The largest absolute Gasteiger partial charge is 0.339 e. The van der Waals surface area contributed by atoms with Gasteiger partial charge in [-0.1, -0.05) is 18.2 Å². The van der Waals surface area contributed by atoms with E-state index in [1.54, 1.807) is 0 Å². The van der Waals surface area contributed by atoms with Gasteiger partial charge in [-0.3, -0.25) is 4.79 Å². The molecule has 0 bridgehead atoms. The highest BCUT2D eigenvalue weighted by Gasteiger charge is 2.25. The molecule has 3 rings (SSSR count). The molecule has 2 aromatic rings. The molecule has 0 unspecified atom stereocenters. The van der Waals surface area contributed by atoms with Crippen molar-refractivity contribution in [3.05, 3.63) is 46.8 Å². The molecule has 0 saturated carbocycles. The molecule has 22 heavy (non-hydrogen) atoms. The number of hydrogen-bond donors (Lipinski definition) is 0. The van der Waals surface area contributed by atoms with E-state index < -0.39 is 0 Å². The summed E-state index contributed by atoms with van der Waals surface area (Å²) in [7, 11) is 0. The van der Waals surface area contributed by atoms with Gasteiger partial charge >= 0.3 is 0 Å². The third-order valence-electron chi connectivity index (χ3n) is 4.49. The summed E-state index contributed by atoms with van der Waals surface area (Å²) in [5.41, 5.74) is 4.72. The fourth-order valence-electron chi connectivity index (χ4n) is 3.24. The van der Waals surface area contributed by atoms with Crippen LogP contribution in [-0.2, 0) is 0 Å². The van der Waals surface area contributed by atoms with Crippen LogP contribution in [0.4, 0.5) is 0 Å². The summed E-state index contributed by atoms with van der Waals surface area (Å²) >= 11 is 0. The number of hydrogen-bond acceptors (Lipinski definition) is 2. The zero-order chi connectivity index (χ0) is 15.7. The van der Waals surface area contributed by atoms with Crippen LogP contribution in [0.3, 0.4) is 0 Å². The Morgan fingerprint density at radius 3 is 2.41 bits per heavy atom. The number of aromatic nitrogens is 2. The molecule has 1 aliphatic heterocycles. The van der Waals surface area contributed by atoms with Crippen LogP contribution in [0.2, 0.25) is 0 Å². The highest BCUT2D eigenvalue weighted by atomic mass is 16.2. The number of para-hydroxylation sites is 1. The van der Waals surface area contributed by atoms with Gasteiger partial charge in [0.05, 0.1) is 22.6 Å². The van der Waals surface area contributed by atoms with Crippen LogP contribution in [0, 0.1) is 20.8 Å². The Balaban J connectivity index is 2.00. The van der Waals surface area contributed by atoms with Gasteiger partial charge in [-0.15, -0.1) is 0 Å². The molecule has 0 aliphatic carbocycles. The molecule has 0 radical (unpaired) electrons. The first-order chi connectivity index (χ1) is 10.6. The lowest BCUT2D eigenvalue weighted by Gasteiger charge is -2.26. The first-order valence-corrected chi connectivity index (χ1v) is 8.01. The second kappa shape index (κ2) is 5.95. The van der Waals surface area contributed by atoms with Gasteiger partial charge in [-0.05, 0) is 51.7 Å². The normalized spacial score (nSPS) is 15.1. The fraction of sp³-hybridized carbons (Fsp3) is 0.444. The van der Waals surface area contributed by atoms with Gasteiger partial charge in [0.2, 0.25) is 0 Å². The minimum atomic E-state index is 0.134. The van der Waals surface area contributed by atoms with Gasteiger partial charge in [0.1, 0.15) is 0 Å². The molecule has 0 N–H and O–H groups in total. The van der Waals surface area contributed by atoms with E-state index in [0.29, 0.717) is 0 Å². The van der Waals surface area contributed by atoms with Gasteiger partial charge in [-0.25, -0.2) is 4.68 Å². The van der Waals surface area contributed by atoms with Crippen LogP contribution in [0.25, 0.3) is 5.69 Å². The van der Waals surface area contributed by atoms with E-state index >= 15 is 0 Å². The molecule has 1 saturated heterocycles. The molecular weight excluding hydrogens is 274 g/mol. The summed E-state index contributed by atoms with van der Waals surface area (Å²) in [6.45, 7) is 7.72. The number of rotatable bonds is 2. The molecule has 2 heterocycles. The third-order valence-corrected chi connectivity index (χ3v) is 4.49. The number of amides is 1. The minimum absolute atomic E-state index is 0.134. The summed E-state index contributed by atoms with van der Waals surface area (Å²) in [5.74, 6) is 0.134. The van der Waals surface area contributed by atoms with Gasteiger partial charge in [0.15, 0.2) is 0 Å². The molecule has 0 spiro atoms. The highest BCUT2D eigenvalue weighted by Crippen LogP contribution is 2.23.